The van der Waals surface area contributed by atoms with Crippen molar-refractivity contribution in [2.75, 3.05) is 0 Å². The Hall–Kier alpha value is -2.69. The monoisotopic (exact) mass is 288 g/mol. The van der Waals surface area contributed by atoms with Crippen LogP contribution in [0.1, 0.15) is 5.56 Å². The van der Waals surface area contributed by atoms with Crippen molar-refractivity contribution < 1.29 is 22.7 Å². The first kappa shape index (κ1) is 13.3. The zero-order chi connectivity index (χ0) is 14.8. The molecule has 0 N–H and O–H groups in total. The van der Waals surface area contributed by atoms with Gasteiger partial charge in [-0.05, 0) is 42.5 Å². The second-order valence-electron chi connectivity index (χ2n) is 4.51. The number of carbonyl (C=O) groups excluding carboxylic acids is 1. The van der Waals surface area contributed by atoms with Crippen LogP contribution >= 0.6 is 0 Å². The molecule has 0 aliphatic carbocycles. The fraction of sp³-hybridized carbons (Fsp3) is 0.0625. The van der Waals surface area contributed by atoms with Crippen LogP contribution in [-0.4, -0.2) is 5.97 Å². The first-order valence-corrected chi connectivity index (χ1v) is 6.24. The number of hydrogen-bond acceptors (Lipinski definition) is 3. The normalized spacial score (nSPS) is 10.8. The Kier molecular flexibility index (Phi) is 3.39. The van der Waals surface area contributed by atoms with Gasteiger partial charge in [-0.2, -0.15) is 0 Å². The Morgan fingerprint density at radius 3 is 2.52 bits per heavy atom. The SMILES string of the molecule is O=C(Cc1coc2ccc(F)cc12)Oc1ccc(F)cc1. The van der Waals surface area contributed by atoms with E-state index in [2.05, 4.69) is 0 Å². The second kappa shape index (κ2) is 5.36. The van der Waals surface area contributed by atoms with Crippen LogP contribution in [0.25, 0.3) is 11.0 Å². The lowest BCUT2D eigenvalue weighted by atomic mass is 10.1. The number of ether oxygens (including phenoxy) is 1. The third-order valence-electron chi connectivity index (χ3n) is 3.00. The molecule has 0 bridgehead atoms. The van der Waals surface area contributed by atoms with E-state index in [-0.39, 0.29) is 12.2 Å². The molecule has 0 saturated heterocycles. The smallest absolute Gasteiger partial charge is 0.315 e. The summed E-state index contributed by atoms with van der Waals surface area (Å²) in [6.45, 7) is 0. The summed E-state index contributed by atoms with van der Waals surface area (Å²) < 4.78 is 36.3. The molecule has 5 heteroatoms. The van der Waals surface area contributed by atoms with E-state index in [0.29, 0.717) is 16.5 Å². The van der Waals surface area contributed by atoms with Gasteiger partial charge in [-0.3, -0.25) is 4.79 Å². The quantitative estimate of drug-likeness (QED) is 0.542. The second-order valence-corrected chi connectivity index (χ2v) is 4.51. The maximum atomic E-state index is 13.2. The molecule has 0 atom stereocenters. The summed E-state index contributed by atoms with van der Waals surface area (Å²) in [7, 11) is 0. The number of halogens is 2. The van der Waals surface area contributed by atoms with E-state index >= 15 is 0 Å². The molecule has 3 aromatic rings. The molecule has 0 spiro atoms. The van der Waals surface area contributed by atoms with E-state index in [1.807, 2.05) is 0 Å². The van der Waals surface area contributed by atoms with Gasteiger partial charge in [0.25, 0.3) is 0 Å². The lowest BCUT2D eigenvalue weighted by Crippen LogP contribution is -2.10. The average Bonchev–Trinajstić information content (AvgIpc) is 2.84. The highest BCUT2D eigenvalue weighted by molar-refractivity contribution is 5.86. The molecule has 0 aliphatic heterocycles. The van der Waals surface area contributed by atoms with E-state index in [9.17, 15) is 13.6 Å². The summed E-state index contributed by atoms with van der Waals surface area (Å²) in [6, 6.07) is 9.21. The number of furan rings is 1. The molecule has 0 fully saturated rings. The molecule has 0 radical (unpaired) electrons. The highest BCUT2D eigenvalue weighted by Crippen LogP contribution is 2.23. The molecule has 1 heterocycles. The minimum atomic E-state index is -0.534. The van der Waals surface area contributed by atoms with Gasteiger partial charge in [-0.1, -0.05) is 0 Å². The van der Waals surface area contributed by atoms with Crippen molar-refractivity contribution in [3.63, 3.8) is 0 Å². The predicted octanol–water partition coefficient (Wildman–Crippen LogP) is 3.86. The van der Waals surface area contributed by atoms with Crippen LogP contribution in [0.4, 0.5) is 8.78 Å². The third kappa shape index (κ3) is 2.91. The van der Waals surface area contributed by atoms with Gasteiger partial charge < -0.3 is 9.15 Å². The highest BCUT2D eigenvalue weighted by Gasteiger charge is 2.13. The zero-order valence-corrected chi connectivity index (χ0v) is 10.8. The van der Waals surface area contributed by atoms with Crippen molar-refractivity contribution in [3.8, 4) is 5.75 Å². The van der Waals surface area contributed by atoms with E-state index in [0.717, 1.165) is 0 Å². The van der Waals surface area contributed by atoms with Gasteiger partial charge in [0.05, 0.1) is 12.7 Å². The largest absolute Gasteiger partial charge is 0.464 e. The van der Waals surface area contributed by atoms with Gasteiger partial charge >= 0.3 is 5.97 Å². The van der Waals surface area contributed by atoms with Gasteiger partial charge in [-0.25, -0.2) is 8.78 Å². The molecule has 0 saturated carbocycles. The van der Waals surface area contributed by atoms with Crippen LogP contribution in [0.5, 0.6) is 5.75 Å². The number of carbonyl (C=O) groups is 1. The first-order chi connectivity index (χ1) is 10.1. The molecular formula is C16H10F2O3. The molecule has 3 rings (SSSR count). The Bertz CT molecular complexity index is 791. The number of hydrogen-bond donors (Lipinski definition) is 0. The molecule has 106 valence electrons. The maximum Gasteiger partial charge on any atom is 0.315 e. The average molecular weight is 288 g/mol. The predicted molar refractivity (Wildman–Crippen MR) is 71.9 cm³/mol. The summed E-state index contributed by atoms with van der Waals surface area (Å²) in [5, 5.41) is 0.533. The molecule has 1 aromatic heterocycles. The van der Waals surface area contributed by atoms with Gasteiger partial charge in [0.2, 0.25) is 0 Å². The Balaban J connectivity index is 1.77. The summed E-state index contributed by atoms with van der Waals surface area (Å²) >= 11 is 0. The molecule has 21 heavy (non-hydrogen) atoms. The summed E-state index contributed by atoms with van der Waals surface area (Å²) in [6.07, 6.45) is 1.34. The minimum absolute atomic E-state index is 0.0617. The first-order valence-electron chi connectivity index (χ1n) is 6.24. The lowest BCUT2D eigenvalue weighted by molar-refractivity contribution is -0.133. The number of esters is 1. The van der Waals surface area contributed by atoms with Crippen molar-refractivity contribution in [1.29, 1.82) is 0 Å². The Morgan fingerprint density at radius 1 is 1.05 bits per heavy atom. The number of fused-ring (bicyclic) bond motifs is 1. The van der Waals surface area contributed by atoms with E-state index in [4.69, 9.17) is 9.15 Å². The van der Waals surface area contributed by atoms with Crippen molar-refractivity contribution in [2.24, 2.45) is 0 Å². The van der Waals surface area contributed by atoms with Crippen molar-refractivity contribution >= 4 is 16.9 Å². The van der Waals surface area contributed by atoms with Crippen LogP contribution in [0.2, 0.25) is 0 Å². The third-order valence-corrected chi connectivity index (χ3v) is 3.00. The fourth-order valence-corrected chi connectivity index (χ4v) is 2.02. The van der Waals surface area contributed by atoms with E-state index in [1.54, 1.807) is 0 Å². The van der Waals surface area contributed by atoms with Crippen molar-refractivity contribution in [2.45, 2.75) is 6.42 Å². The minimum Gasteiger partial charge on any atom is -0.464 e. The highest BCUT2D eigenvalue weighted by atomic mass is 19.1. The van der Waals surface area contributed by atoms with Crippen molar-refractivity contribution in [1.82, 2.24) is 0 Å². The Morgan fingerprint density at radius 2 is 1.76 bits per heavy atom. The summed E-state index contributed by atoms with van der Waals surface area (Å²) in [4.78, 5) is 11.8. The van der Waals surface area contributed by atoms with E-state index in [1.165, 1.54) is 48.7 Å². The molecule has 0 unspecified atom stereocenters. The molecule has 0 aliphatic rings. The van der Waals surface area contributed by atoms with Crippen LogP contribution in [0, 0.1) is 11.6 Å². The molecule has 2 aromatic carbocycles. The zero-order valence-electron chi connectivity index (χ0n) is 10.8. The summed E-state index contributed by atoms with van der Waals surface area (Å²) in [5.74, 6) is -1.10. The van der Waals surface area contributed by atoms with Crippen molar-refractivity contribution in [3.05, 3.63) is 65.9 Å². The topological polar surface area (TPSA) is 39.4 Å². The van der Waals surface area contributed by atoms with Crippen LogP contribution in [0.3, 0.4) is 0 Å². The van der Waals surface area contributed by atoms with Crippen LogP contribution < -0.4 is 4.74 Å². The van der Waals surface area contributed by atoms with Gasteiger partial charge in [-0.15, -0.1) is 0 Å². The van der Waals surface area contributed by atoms with Gasteiger partial charge in [0.15, 0.2) is 0 Å². The number of rotatable bonds is 3. The van der Waals surface area contributed by atoms with Crippen LogP contribution in [0.15, 0.2) is 53.1 Å². The Labute approximate surface area is 118 Å². The summed E-state index contributed by atoms with van der Waals surface area (Å²) in [5.41, 5.74) is 1.04. The standard InChI is InChI=1S/C16H10F2O3/c17-11-1-4-13(5-2-11)21-16(19)7-10-9-20-15-6-3-12(18)8-14(10)15/h1-6,8-9H,7H2. The van der Waals surface area contributed by atoms with E-state index < -0.39 is 17.6 Å². The molecule has 0 amide bonds. The molecular weight excluding hydrogens is 278 g/mol. The van der Waals surface area contributed by atoms with Crippen LogP contribution in [-0.2, 0) is 11.2 Å². The van der Waals surface area contributed by atoms with Gasteiger partial charge in [0.1, 0.15) is 23.0 Å². The maximum absolute atomic E-state index is 13.2. The number of benzene rings is 2. The molecule has 3 nitrogen and oxygen atoms in total. The van der Waals surface area contributed by atoms with Gasteiger partial charge in [0, 0.05) is 10.9 Å². The fourth-order valence-electron chi connectivity index (χ4n) is 2.02. The lowest BCUT2D eigenvalue weighted by Gasteiger charge is -2.03.